The van der Waals surface area contributed by atoms with Gasteiger partial charge in [0.2, 0.25) is 6.23 Å². The van der Waals surface area contributed by atoms with Crippen molar-refractivity contribution in [1.82, 2.24) is 0 Å². The molecule has 0 radical (unpaired) electrons. The van der Waals surface area contributed by atoms with Gasteiger partial charge in [0, 0.05) is 23.4 Å². The minimum atomic E-state index is -0.975. The van der Waals surface area contributed by atoms with Crippen LogP contribution in [0.2, 0.25) is 0 Å². The largest absolute Gasteiger partial charge is 0.871 e. The quantitative estimate of drug-likeness (QED) is 0.495. The summed E-state index contributed by atoms with van der Waals surface area (Å²) in [6.45, 7) is 0. The second-order valence-corrected chi connectivity index (χ2v) is 5.13. The molecule has 0 saturated carbocycles. The van der Waals surface area contributed by atoms with Gasteiger partial charge in [-0.2, -0.15) is 0 Å². The van der Waals surface area contributed by atoms with Crippen LogP contribution in [0.4, 0.5) is 11.4 Å². The topological polar surface area (TPSA) is 123 Å². The molecular formula is C16H13N2O7-. The number of hydrogen-bond donors (Lipinski definition) is 1. The highest BCUT2D eigenvalue weighted by atomic mass is 16.6. The average Bonchev–Trinajstić information content (AvgIpc) is 2.91. The lowest BCUT2D eigenvalue weighted by Crippen LogP contribution is -2.12. The number of anilines is 1. The number of carbonyl (C=O) groups is 1. The van der Waals surface area contributed by atoms with E-state index in [1.807, 2.05) is 0 Å². The normalized spacial score (nSPS) is 15.3. The molecule has 130 valence electrons. The van der Waals surface area contributed by atoms with Gasteiger partial charge in [-0.15, -0.1) is 0 Å². The van der Waals surface area contributed by atoms with Gasteiger partial charge < -0.3 is 24.6 Å². The zero-order valence-corrected chi connectivity index (χ0v) is 13.3. The number of carbonyl (C=O) groups excluding carboxylic acids is 1. The van der Waals surface area contributed by atoms with Crippen LogP contribution in [0.5, 0.6) is 17.2 Å². The number of nitrogens with one attached hydrogen (secondary N) is 1. The van der Waals surface area contributed by atoms with Crippen LogP contribution in [0.1, 0.15) is 22.1 Å². The summed E-state index contributed by atoms with van der Waals surface area (Å²) >= 11 is 0. The van der Waals surface area contributed by atoms with Gasteiger partial charge in [0.25, 0.3) is 5.69 Å². The Hall–Kier alpha value is -3.49. The summed E-state index contributed by atoms with van der Waals surface area (Å²) in [6, 6.07) is 6.47. The smallest absolute Gasteiger partial charge is 0.344 e. The van der Waals surface area contributed by atoms with E-state index >= 15 is 0 Å². The minimum Gasteiger partial charge on any atom is -0.871 e. The third-order valence-electron chi connectivity index (χ3n) is 3.75. The van der Waals surface area contributed by atoms with Crippen LogP contribution >= 0.6 is 0 Å². The van der Waals surface area contributed by atoms with Crippen LogP contribution in [0.3, 0.4) is 0 Å². The molecule has 3 rings (SSSR count). The van der Waals surface area contributed by atoms with E-state index in [-0.39, 0.29) is 22.7 Å². The van der Waals surface area contributed by atoms with Crippen molar-refractivity contribution in [3.63, 3.8) is 0 Å². The van der Waals surface area contributed by atoms with E-state index in [0.29, 0.717) is 11.3 Å². The minimum absolute atomic E-state index is 0.0466. The van der Waals surface area contributed by atoms with Crippen LogP contribution in [-0.4, -0.2) is 25.1 Å². The monoisotopic (exact) mass is 345 g/mol. The van der Waals surface area contributed by atoms with Crippen LogP contribution in [0.15, 0.2) is 30.3 Å². The predicted octanol–water partition coefficient (Wildman–Crippen LogP) is 1.97. The average molecular weight is 345 g/mol. The second kappa shape index (κ2) is 6.19. The molecule has 0 saturated heterocycles. The molecule has 9 heteroatoms. The summed E-state index contributed by atoms with van der Waals surface area (Å²) in [7, 11) is 2.83. The molecule has 1 aliphatic heterocycles. The van der Waals surface area contributed by atoms with Crippen molar-refractivity contribution in [2.24, 2.45) is 0 Å². The number of rotatable bonds is 5. The van der Waals surface area contributed by atoms with Crippen LogP contribution in [0.25, 0.3) is 0 Å². The molecule has 0 aliphatic carbocycles. The maximum Gasteiger partial charge on any atom is 0.344 e. The maximum atomic E-state index is 12.2. The van der Waals surface area contributed by atoms with Crippen LogP contribution in [-0.2, 0) is 4.74 Å². The number of non-ortho nitro benzene ring substituents is 1. The van der Waals surface area contributed by atoms with Gasteiger partial charge >= 0.3 is 5.97 Å². The molecule has 1 heterocycles. The number of hydrogen-bond acceptors (Lipinski definition) is 8. The zero-order chi connectivity index (χ0) is 18.1. The molecule has 0 aromatic heterocycles. The number of esters is 1. The predicted molar refractivity (Wildman–Crippen MR) is 83.9 cm³/mol. The summed E-state index contributed by atoms with van der Waals surface area (Å²) in [4.78, 5) is 22.4. The Labute approximate surface area is 141 Å². The molecule has 1 atom stereocenters. The SMILES string of the molecule is COc1ccc2c(c1OC)C(=O)O[C@@H]2Nc1cc([N+](=O)[O-])ccc1[O-]. The lowest BCUT2D eigenvalue weighted by Gasteiger charge is -2.19. The Morgan fingerprint density at radius 2 is 1.96 bits per heavy atom. The highest BCUT2D eigenvalue weighted by molar-refractivity contribution is 5.98. The fourth-order valence-electron chi connectivity index (χ4n) is 2.59. The van der Waals surface area contributed by atoms with Gasteiger partial charge in [0.15, 0.2) is 11.5 Å². The Morgan fingerprint density at radius 1 is 1.20 bits per heavy atom. The summed E-state index contributed by atoms with van der Waals surface area (Å²) in [5.41, 5.74) is 0.319. The molecule has 2 aromatic carbocycles. The lowest BCUT2D eigenvalue weighted by atomic mass is 10.1. The van der Waals surface area contributed by atoms with Crippen molar-refractivity contribution in [3.05, 3.63) is 51.6 Å². The molecule has 0 fully saturated rings. The van der Waals surface area contributed by atoms with Crippen LogP contribution < -0.4 is 19.9 Å². The Bertz CT molecular complexity index is 866. The number of fused-ring (bicyclic) bond motifs is 1. The zero-order valence-electron chi connectivity index (χ0n) is 13.3. The van der Waals surface area contributed by atoms with Gasteiger partial charge in [-0.05, 0) is 12.1 Å². The number of nitro groups is 1. The summed E-state index contributed by atoms with van der Waals surface area (Å²) in [6.07, 6.45) is -0.975. The summed E-state index contributed by atoms with van der Waals surface area (Å²) in [5.74, 6) is -0.536. The van der Waals surface area contributed by atoms with E-state index in [2.05, 4.69) is 5.32 Å². The van der Waals surface area contributed by atoms with Gasteiger partial charge in [-0.25, -0.2) is 4.79 Å². The molecule has 0 unspecified atom stereocenters. The van der Waals surface area contributed by atoms with E-state index in [9.17, 15) is 20.0 Å². The first-order valence-corrected chi connectivity index (χ1v) is 7.14. The molecule has 25 heavy (non-hydrogen) atoms. The van der Waals surface area contributed by atoms with E-state index in [4.69, 9.17) is 14.2 Å². The highest BCUT2D eigenvalue weighted by Crippen LogP contribution is 2.42. The fourth-order valence-corrected chi connectivity index (χ4v) is 2.59. The molecule has 0 spiro atoms. The lowest BCUT2D eigenvalue weighted by molar-refractivity contribution is -0.385. The van der Waals surface area contributed by atoms with Gasteiger partial charge in [-0.3, -0.25) is 10.1 Å². The molecular weight excluding hydrogens is 332 g/mol. The summed E-state index contributed by atoms with van der Waals surface area (Å²) < 4.78 is 15.6. The van der Waals surface area contributed by atoms with Crippen molar-refractivity contribution in [2.45, 2.75) is 6.23 Å². The highest BCUT2D eigenvalue weighted by Gasteiger charge is 2.36. The first kappa shape index (κ1) is 16.4. The molecule has 0 amide bonds. The number of cyclic esters (lactones) is 1. The Morgan fingerprint density at radius 3 is 2.60 bits per heavy atom. The van der Waals surface area contributed by atoms with E-state index in [1.54, 1.807) is 12.1 Å². The van der Waals surface area contributed by atoms with Crippen LogP contribution in [0, 0.1) is 10.1 Å². The Kier molecular flexibility index (Phi) is 4.05. The Balaban J connectivity index is 2.00. The van der Waals surface area contributed by atoms with E-state index in [0.717, 1.165) is 18.2 Å². The summed E-state index contributed by atoms with van der Waals surface area (Å²) in [5, 5.41) is 25.5. The number of ether oxygens (including phenoxy) is 3. The number of benzene rings is 2. The number of nitrogens with zero attached hydrogens (tertiary/aromatic N) is 1. The van der Waals surface area contributed by atoms with Crippen molar-refractivity contribution >= 4 is 17.3 Å². The van der Waals surface area contributed by atoms with E-state index in [1.165, 1.54) is 14.2 Å². The maximum absolute atomic E-state index is 12.2. The molecule has 2 aromatic rings. The third kappa shape index (κ3) is 2.75. The first-order chi connectivity index (χ1) is 12.0. The van der Waals surface area contributed by atoms with Gasteiger partial charge in [0.1, 0.15) is 5.56 Å². The standard InChI is InChI=1S/C16H14N2O7/c1-23-12-6-4-9-13(14(12)24-2)16(20)25-15(9)17-10-7-8(18(21)22)3-5-11(10)19/h3-7,15,17,19H,1-2H3/p-1/t15-/m0/s1. The second-order valence-electron chi connectivity index (χ2n) is 5.13. The van der Waals surface area contributed by atoms with Crippen molar-refractivity contribution < 1.29 is 29.0 Å². The van der Waals surface area contributed by atoms with Gasteiger partial charge in [-0.1, -0.05) is 11.8 Å². The number of methoxy groups -OCH3 is 2. The molecule has 1 aliphatic rings. The van der Waals surface area contributed by atoms with Crippen molar-refractivity contribution in [1.29, 1.82) is 0 Å². The fraction of sp³-hybridized carbons (Fsp3) is 0.188. The van der Waals surface area contributed by atoms with Gasteiger partial charge in [0.05, 0.1) is 19.1 Å². The van der Waals surface area contributed by atoms with E-state index < -0.39 is 22.9 Å². The van der Waals surface area contributed by atoms with Crippen molar-refractivity contribution in [2.75, 3.05) is 19.5 Å². The molecule has 0 bridgehead atoms. The number of nitro benzene ring substituents is 1. The third-order valence-corrected chi connectivity index (χ3v) is 3.75. The molecule has 9 nitrogen and oxygen atoms in total. The first-order valence-electron chi connectivity index (χ1n) is 7.14. The molecule has 1 N–H and O–H groups in total. The van der Waals surface area contributed by atoms with Crippen molar-refractivity contribution in [3.8, 4) is 17.2 Å².